The van der Waals surface area contributed by atoms with E-state index in [1.807, 2.05) is 12.1 Å². The van der Waals surface area contributed by atoms with Gasteiger partial charge in [-0.15, -0.1) is 24.0 Å². The van der Waals surface area contributed by atoms with Gasteiger partial charge in [0.25, 0.3) is 0 Å². The van der Waals surface area contributed by atoms with Crippen molar-refractivity contribution in [2.75, 3.05) is 37.8 Å². The van der Waals surface area contributed by atoms with E-state index in [4.69, 9.17) is 0 Å². The lowest BCUT2D eigenvalue weighted by Crippen LogP contribution is -2.37. The second kappa shape index (κ2) is 11.4. The maximum Gasteiger partial charge on any atom is 0.191 e. The Bertz CT molecular complexity index is 963. The molecular formula is C22H29IN4O2S. The number of guanidine groups is 1. The molecule has 1 aliphatic heterocycles. The van der Waals surface area contributed by atoms with E-state index >= 15 is 0 Å². The Morgan fingerprint density at radius 2 is 1.57 bits per heavy atom. The molecule has 30 heavy (non-hydrogen) atoms. The van der Waals surface area contributed by atoms with E-state index in [1.165, 1.54) is 17.5 Å². The number of nitrogens with zero attached hydrogens (tertiary/aromatic N) is 2. The largest absolute Gasteiger partial charge is 0.364 e. The normalized spacial score (nSPS) is 13.8. The van der Waals surface area contributed by atoms with Gasteiger partial charge in [0, 0.05) is 45.2 Å². The third kappa shape index (κ3) is 7.02. The Hall–Kier alpha value is -2.07. The third-order valence-corrected chi connectivity index (χ3v) is 5.99. The van der Waals surface area contributed by atoms with Gasteiger partial charge in [0.1, 0.15) is 0 Å². The second-order valence-corrected chi connectivity index (χ2v) is 9.08. The fourth-order valence-corrected chi connectivity index (χ4v) is 3.78. The zero-order valence-corrected chi connectivity index (χ0v) is 20.5. The highest BCUT2D eigenvalue weighted by molar-refractivity contribution is 14.0. The highest BCUT2D eigenvalue weighted by Gasteiger charge is 2.08. The molecular weight excluding hydrogens is 511 g/mol. The standard InChI is InChI=1S/C22H28N4O2S.HI/c1-23-22(24-14-13-18-7-11-21(12-8-18)29(2,27)28)25-17-19-5-9-20(10-6-19)26-15-3-4-16-26;/h3-12H,13-17H2,1-2H3,(H2,23,24,25);1H. The van der Waals surface area contributed by atoms with E-state index in [1.54, 1.807) is 19.2 Å². The molecule has 0 amide bonds. The van der Waals surface area contributed by atoms with Crippen molar-refractivity contribution in [1.82, 2.24) is 10.6 Å². The minimum atomic E-state index is -3.15. The van der Waals surface area contributed by atoms with Crippen molar-refractivity contribution < 1.29 is 8.42 Å². The van der Waals surface area contributed by atoms with Crippen molar-refractivity contribution in [2.45, 2.75) is 17.9 Å². The van der Waals surface area contributed by atoms with E-state index in [9.17, 15) is 8.42 Å². The first-order valence-corrected chi connectivity index (χ1v) is 11.6. The minimum Gasteiger partial charge on any atom is -0.364 e. The van der Waals surface area contributed by atoms with Crippen molar-refractivity contribution in [3.05, 3.63) is 71.8 Å². The zero-order chi connectivity index (χ0) is 20.7. The van der Waals surface area contributed by atoms with Crippen molar-refractivity contribution in [3.63, 3.8) is 0 Å². The Morgan fingerprint density at radius 1 is 0.967 bits per heavy atom. The quantitative estimate of drug-likeness (QED) is 0.245. The lowest BCUT2D eigenvalue weighted by Gasteiger charge is -2.18. The molecule has 2 aromatic rings. The van der Waals surface area contributed by atoms with Crippen LogP contribution in [0, 0.1) is 0 Å². The van der Waals surface area contributed by atoms with Gasteiger partial charge in [-0.3, -0.25) is 4.99 Å². The number of hydrogen-bond donors (Lipinski definition) is 2. The highest BCUT2D eigenvalue weighted by atomic mass is 127. The SMILES string of the molecule is CN=C(NCCc1ccc(S(C)(=O)=O)cc1)NCc1ccc(N2CC=CC2)cc1.I. The third-order valence-electron chi connectivity index (χ3n) is 4.86. The van der Waals surface area contributed by atoms with Crippen LogP contribution < -0.4 is 15.5 Å². The first-order valence-electron chi connectivity index (χ1n) is 9.68. The number of hydrogen-bond acceptors (Lipinski definition) is 4. The molecule has 0 aliphatic carbocycles. The van der Waals surface area contributed by atoms with Crippen molar-refractivity contribution >= 4 is 45.5 Å². The maximum absolute atomic E-state index is 11.5. The maximum atomic E-state index is 11.5. The zero-order valence-electron chi connectivity index (χ0n) is 17.3. The van der Waals surface area contributed by atoms with Gasteiger partial charge in [0.2, 0.25) is 0 Å². The summed E-state index contributed by atoms with van der Waals surface area (Å²) in [4.78, 5) is 6.93. The van der Waals surface area contributed by atoms with Crippen LogP contribution >= 0.6 is 24.0 Å². The Balaban J connectivity index is 0.00000320. The average molecular weight is 540 g/mol. The molecule has 1 aliphatic rings. The predicted molar refractivity (Wildman–Crippen MR) is 135 cm³/mol. The second-order valence-electron chi connectivity index (χ2n) is 7.06. The molecule has 2 aromatic carbocycles. The Morgan fingerprint density at radius 3 is 2.13 bits per heavy atom. The van der Waals surface area contributed by atoms with Crippen LogP contribution in [0.2, 0.25) is 0 Å². The smallest absolute Gasteiger partial charge is 0.191 e. The molecule has 0 spiro atoms. The van der Waals surface area contributed by atoms with Crippen LogP contribution in [0.1, 0.15) is 11.1 Å². The summed E-state index contributed by atoms with van der Waals surface area (Å²) in [5.41, 5.74) is 3.51. The fourth-order valence-electron chi connectivity index (χ4n) is 3.15. The summed E-state index contributed by atoms with van der Waals surface area (Å²) in [5.74, 6) is 0.741. The number of rotatable bonds is 7. The van der Waals surface area contributed by atoms with E-state index < -0.39 is 9.84 Å². The minimum absolute atomic E-state index is 0. The summed E-state index contributed by atoms with van der Waals surface area (Å²) in [6.45, 7) is 3.36. The molecule has 0 fully saturated rings. The average Bonchev–Trinajstić information content (AvgIpc) is 3.25. The first kappa shape index (κ1) is 24.2. The molecule has 0 atom stereocenters. The fraction of sp³-hybridized carbons (Fsp3) is 0.318. The molecule has 2 N–H and O–H groups in total. The van der Waals surface area contributed by atoms with E-state index in [-0.39, 0.29) is 24.0 Å². The van der Waals surface area contributed by atoms with E-state index in [2.05, 4.69) is 56.9 Å². The van der Waals surface area contributed by atoms with Crippen molar-refractivity contribution in [1.29, 1.82) is 0 Å². The van der Waals surface area contributed by atoms with Crippen LogP contribution in [0.15, 0.2) is 70.6 Å². The van der Waals surface area contributed by atoms with E-state index in [0.29, 0.717) is 18.0 Å². The Labute approximate surface area is 196 Å². The molecule has 3 rings (SSSR count). The number of sulfone groups is 1. The molecule has 8 heteroatoms. The number of halogens is 1. The van der Waals surface area contributed by atoms with Gasteiger partial charge >= 0.3 is 0 Å². The van der Waals surface area contributed by atoms with Crippen LogP contribution in [0.3, 0.4) is 0 Å². The lowest BCUT2D eigenvalue weighted by atomic mass is 10.1. The predicted octanol–water partition coefficient (Wildman–Crippen LogP) is 2.99. The number of aliphatic imine (C=N–C) groups is 1. The Kier molecular flexibility index (Phi) is 9.16. The molecule has 162 valence electrons. The molecule has 6 nitrogen and oxygen atoms in total. The summed E-state index contributed by atoms with van der Waals surface area (Å²) in [5, 5.41) is 6.62. The summed E-state index contributed by atoms with van der Waals surface area (Å²) in [6, 6.07) is 15.6. The van der Waals surface area contributed by atoms with Crippen LogP contribution in [-0.4, -0.2) is 47.3 Å². The summed E-state index contributed by atoms with van der Waals surface area (Å²) < 4.78 is 23.0. The monoisotopic (exact) mass is 540 g/mol. The topological polar surface area (TPSA) is 73.8 Å². The number of nitrogens with one attached hydrogen (secondary N) is 2. The van der Waals surface area contributed by atoms with Crippen molar-refractivity contribution in [3.8, 4) is 0 Å². The highest BCUT2D eigenvalue weighted by Crippen LogP contribution is 2.17. The van der Waals surface area contributed by atoms with Crippen LogP contribution in [0.25, 0.3) is 0 Å². The number of anilines is 1. The summed E-state index contributed by atoms with van der Waals surface area (Å²) in [7, 11) is -1.40. The van der Waals surface area contributed by atoms with Gasteiger partial charge in [-0.05, 0) is 41.8 Å². The lowest BCUT2D eigenvalue weighted by molar-refractivity contribution is 0.602. The van der Waals surface area contributed by atoms with Gasteiger partial charge in [0.05, 0.1) is 4.90 Å². The van der Waals surface area contributed by atoms with Gasteiger partial charge in [-0.1, -0.05) is 36.4 Å². The van der Waals surface area contributed by atoms with Gasteiger partial charge in [0.15, 0.2) is 15.8 Å². The van der Waals surface area contributed by atoms with Gasteiger partial charge in [-0.2, -0.15) is 0 Å². The van der Waals surface area contributed by atoms with Gasteiger partial charge in [-0.25, -0.2) is 8.42 Å². The van der Waals surface area contributed by atoms with E-state index in [0.717, 1.165) is 31.0 Å². The summed E-state index contributed by atoms with van der Waals surface area (Å²) >= 11 is 0. The van der Waals surface area contributed by atoms with Crippen LogP contribution in [-0.2, 0) is 22.8 Å². The van der Waals surface area contributed by atoms with Gasteiger partial charge < -0.3 is 15.5 Å². The molecule has 0 saturated carbocycles. The molecule has 1 heterocycles. The molecule has 0 unspecified atom stereocenters. The van der Waals surface area contributed by atoms with Crippen LogP contribution in [0.5, 0.6) is 0 Å². The molecule has 0 saturated heterocycles. The number of benzene rings is 2. The molecule has 0 aromatic heterocycles. The van der Waals surface area contributed by atoms with Crippen molar-refractivity contribution in [2.24, 2.45) is 4.99 Å². The molecule has 0 radical (unpaired) electrons. The summed E-state index contributed by atoms with van der Waals surface area (Å²) in [6.07, 6.45) is 6.37. The first-order chi connectivity index (χ1) is 14.0. The molecule has 0 bridgehead atoms. The van der Waals surface area contributed by atoms with Crippen LogP contribution in [0.4, 0.5) is 5.69 Å².